The normalized spacial score (nSPS) is 16.7. The van der Waals surface area contributed by atoms with Gasteiger partial charge < -0.3 is 4.57 Å². The van der Waals surface area contributed by atoms with Crippen LogP contribution in [-0.4, -0.2) is 31.5 Å². The quantitative estimate of drug-likeness (QED) is 0.459. The number of aliphatic imine (C=N–C) groups is 1. The van der Waals surface area contributed by atoms with Crippen LogP contribution in [0.4, 0.5) is 4.39 Å². The van der Waals surface area contributed by atoms with Crippen LogP contribution in [0, 0.1) is 25.1 Å². The van der Waals surface area contributed by atoms with Crippen LogP contribution in [-0.2, 0) is 4.79 Å². The number of nitrogens with one attached hydrogen (secondary N) is 1. The predicted octanol–water partition coefficient (Wildman–Crippen LogP) is 6.02. The lowest BCUT2D eigenvalue weighted by molar-refractivity contribution is -0.114. The van der Waals surface area contributed by atoms with Crippen LogP contribution in [0.15, 0.2) is 70.3 Å². The lowest BCUT2D eigenvalue weighted by Gasteiger charge is -2.20. The third-order valence-corrected chi connectivity index (χ3v) is 7.09. The molecule has 0 aliphatic carbocycles. The van der Waals surface area contributed by atoms with E-state index in [-0.39, 0.29) is 17.2 Å². The molecule has 2 aromatic carbocycles. The van der Waals surface area contributed by atoms with Gasteiger partial charge in [0, 0.05) is 22.6 Å². The third kappa shape index (κ3) is 4.14. The van der Waals surface area contributed by atoms with Crippen molar-refractivity contribution in [2.24, 2.45) is 10.1 Å². The molecule has 6 nitrogen and oxygen atoms in total. The van der Waals surface area contributed by atoms with Crippen LogP contribution in [0.2, 0.25) is 0 Å². The minimum atomic E-state index is -0.476. The standard InChI is InChI=1S/C27H24FN5OS/c1-15(2)18-7-11-22(12-8-18)32-16(3)13-20(17(32)4)14-23-24(29)33-27(30-25(23)34)35-26(31-33)19-5-9-21(28)10-6-19/h5-15,29H,1-4H3/b23-14-,29-24?. The van der Waals surface area contributed by atoms with Crippen LogP contribution in [0.25, 0.3) is 11.8 Å². The molecule has 0 spiro atoms. The molecular formula is C27H24FN5OS. The molecule has 1 N–H and O–H groups in total. The van der Waals surface area contributed by atoms with Gasteiger partial charge in [-0.25, -0.2) is 4.39 Å². The minimum Gasteiger partial charge on any atom is -0.318 e. The van der Waals surface area contributed by atoms with Crippen molar-refractivity contribution in [1.82, 2.24) is 9.58 Å². The van der Waals surface area contributed by atoms with Crippen LogP contribution in [0.1, 0.15) is 47.8 Å². The number of aryl methyl sites for hydroxylation is 1. The van der Waals surface area contributed by atoms with E-state index in [0.717, 1.165) is 22.6 Å². The summed E-state index contributed by atoms with van der Waals surface area (Å²) in [5, 5.41) is 15.4. The van der Waals surface area contributed by atoms with Crippen molar-refractivity contribution >= 4 is 39.8 Å². The summed E-state index contributed by atoms with van der Waals surface area (Å²) in [4.78, 5) is 17.0. The number of halogens is 1. The Bertz CT molecular complexity index is 1450. The number of benzene rings is 2. The fourth-order valence-electron chi connectivity index (χ4n) is 4.20. The van der Waals surface area contributed by atoms with E-state index in [2.05, 4.69) is 52.8 Å². The summed E-state index contributed by atoms with van der Waals surface area (Å²) in [7, 11) is 0. The topological polar surface area (TPSA) is 73.8 Å². The van der Waals surface area contributed by atoms with E-state index in [4.69, 9.17) is 5.41 Å². The van der Waals surface area contributed by atoms with Crippen LogP contribution >= 0.6 is 11.8 Å². The van der Waals surface area contributed by atoms with Crippen molar-refractivity contribution in [2.75, 3.05) is 0 Å². The number of carbonyl (C=O) groups excluding carboxylic acids is 1. The largest absolute Gasteiger partial charge is 0.318 e. The van der Waals surface area contributed by atoms with Gasteiger partial charge in [-0.3, -0.25) is 10.2 Å². The zero-order valence-corrected chi connectivity index (χ0v) is 20.7. The first-order valence-corrected chi connectivity index (χ1v) is 12.1. The van der Waals surface area contributed by atoms with Crippen molar-refractivity contribution in [3.63, 3.8) is 0 Å². The summed E-state index contributed by atoms with van der Waals surface area (Å²) in [6, 6.07) is 16.4. The number of thioether (sulfide) groups is 1. The maximum absolute atomic E-state index is 13.3. The van der Waals surface area contributed by atoms with Crippen LogP contribution < -0.4 is 0 Å². The van der Waals surface area contributed by atoms with Gasteiger partial charge in [0.05, 0.1) is 5.57 Å². The molecule has 2 aliphatic rings. The van der Waals surface area contributed by atoms with Crippen molar-refractivity contribution in [3.8, 4) is 5.69 Å². The van der Waals surface area contributed by atoms with Gasteiger partial charge in [0.1, 0.15) is 10.9 Å². The average molecular weight is 486 g/mol. The monoisotopic (exact) mass is 485 g/mol. The van der Waals surface area contributed by atoms with Gasteiger partial charge >= 0.3 is 0 Å². The molecule has 2 aliphatic heterocycles. The van der Waals surface area contributed by atoms with E-state index in [0.29, 0.717) is 21.7 Å². The van der Waals surface area contributed by atoms with Crippen molar-refractivity contribution in [2.45, 2.75) is 33.6 Å². The molecule has 176 valence electrons. The number of aromatic nitrogens is 1. The molecule has 1 aromatic heterocycles. The Morgan fingerprint density at radius 2 is 1.74 bits per heavy atom. The lowest BCUT2D eigenvalue weighted by atomic mass is 10.0. The van der Waals surface area contributed by atoms with Gasteiger partial charge in [0.2, 0.25) is 5.17 Å². The van der Waals surface area contributed by atoms with E-state index >= 15 is 0 Å². The maximum Gasteiger partial charge on any atom is 0.283 e. The molecule has 3 heterocycles. The van der Waals surface area contributed by atoms with Gasteiger partial charge in [0.25, 0.3) is 5.91 Å². The zero-order valence-electron chi connectivity index (χ0n) is 19.8. The Kier molecular flexibility index (Phi) is 5.76. The summed E-state index contributed by atoms with van der Waals surface area (Å²) in [5.74, 6) is -0.389. The molecule has 0 unspecified atom stereocenters. The molecule has 5 rings (SSSR count). The number of hydrogen-bond donors (Lipinski definition) is 1. The molecule has 0 atom stereocenters. The highest BCUT2D eigenvalue weighted by Crippen LogP contribution is 2.32. The van der Waals surface area contributed by atoms with E-state index in [1.807, 2.05) is 19.9 Å². The second-order valence-corrected chi connectivity index (χ2v) is 9.80. The van der Waals surface area contributed by atoms with Crippen molar-refractivity contribution < 1.29 is 9.18 Å². The highest BCUT2D eigenvalue weighted by molar-refractivity contribution is 8.27. The molecule has 0 bridgehead atoms. The number of hydrogen-bond acceptors (Lipinski definition) is 4. The second-order valence-electron chi connectivity index (χ2n) is 8.84. The fraction of sp³-hybridized carbons (Fsp3) is 0.185. The fourth-order valence-corrected chi connectivity index (χ4v) is 5.09. The van der Waals surface area contributed by atoms with Crippen molar-refractivity contribution in [3.05, 3.63) is 94.1 Å². The summed E-state index contributed by atoms with van der Waals surface area (Å²) in [6.07, 6.45) is 1.71. The molecular weight excluding hydrogens is 461 g/mol. The summed E-state index contributed by atoms with van der Waals surface area (Å²) < 4.78 is 15.4. The van der Waals surface area contributed by atoms with E-state index in [9.17, 15) is 9.18 Å². The first-order chi connectivity index (χ1) is 16.7. The number of carbonyl (C=O) groups is 1. The number of fused-ring (bicyclic) bond motifs is 1. The Morgan fingerprint density at radius 1 is 1.06 bits per heavy atom. The highest BCUT2D eigenvalue weighted by atomic mass is 32.2. The molecule has 1 amide bonds. The van der Waals surface area contributed by atoms with E-state index < -0.39 is 5.91 Å². The molecule has 8 heteroatoms. The molecule has 35 heavy (non-hydrogen) atoms. The first kappa shape index (κ1) is 23.0. The van der Waals surface area contributed by atoms with Gasteiger partial charge in [-0.05, 0) is 91.2 Å². The highest BCUT2D eigenvalue weighted by Gasteiger charge is 2.36. The SMILES string of the molecule is Cc1cc(/C=C2/C(=N)N3N=C(c4ccc(F)cc4)SC3=NC2=O)c(C)n1-c1ccc(C(C)C)cc1. The zero-order chi connectivity index (χ0) is 24.9. The number of hydrazone groups is 1. The Hall–Kier alpha value is -3.78. The smallest absolute Gasteiger partial charge is 0.283 e. The molecule has 0 fully saturated rings. The summed E-state index contributed by atoms with van der Waals surface area (Å²) in [6.45, 7) is 8.35. The van der Waals surface area contributed by atoms with Gasteiger partial charge in [-0.15, -0.1) is 0 Å². The van der Waals surface area contributed by atoms with Gasteiger partial charge in [-0.1, -0.05) is 26.0 Å². The van der Waals surface area contributed by atoms with E-state index in [1.165, 1.54) is 34.5 Å². The van der Waals surface area contributed by atoms with Gasteiger partial charge in [-0.2, -0.15) is 15.1 Å². The molecule has 3 aromatic rings. The molecule has 0 radical (unpaired) electrons. The molecule has 0 saturated heterocycles. The predicted molar refractivity (Wildman–Crippen MR) is 140 cm³/mol. The third-order valence-electron chi connectivity index (χ3n) is 6.13. The van der Waals surface area contributed by atoms with Gasteiger partial charge in [0.15, 0.2) is 5.84 Å². The number of amides is 1. The second kappa shape index (κ2) is 8.78. The average Bonchev–Trinajstić information content (AvgIpc) is 3.37. The summed E-state index contributed by atoms with van der Waals surface area (Å²) >= 11 is 1.19. The summed E-state index contributed by atoms with van der Waals surface area (Å²) in [5.41, 5.74) is 6.03. The van der Waals surface area contributed by atoms with E-state index in [1.54, 1.807) is 18.2 Å². The number of nitrogens with zero attached hydrogens (tertiary/aromatic N) is 4. The minimum absolute atomic E-state index is 0.0318. The maximum atomic E-state index is 13.3. The van der Waals surface area contributed by atoms with Crippen molar-refractivity contribution in [1.29, 1.82) is 5.41 Å². The Balaban J connectivity index is 1.48. The Labute approximate surface area is 207 Å². The molecule has 0 saturated carbocycles. The number of rotatable bonds is 4. The van der Waals surface area contributed by atoms with Crippen LogP contribution in [0.5, 0.6) is 0 Å². The first-order valence-electron chi connectivity index (χ1n) is 11.3. The lowest BCUT2D eigenvalue weighted by Crippen LogP contribution is -2.35. The number of amidine groups is 2. The van der Waals surface area contributed by atoms with Crippen LogP contribution in [0.3, 0.4) is 0 Å². The Morgan fingerprint density at radius 3 is 2.40 bits per heavy atom.